The van der Waals surface area contributed by atoms with Crippen molar-refractivity contribution in [2.75, 3.05) is 18.0 Å². The maximum atomic E-state index is 13.2. The number of pyridine rings is 1. The predicted molar refractivity (Wildman–Crippen MR) is 112 cm³/mol. The monoisotopic (exact) mass is 407 g/mol. The third kappa shape index (κ3) is 3.18. The van der Waals surface area contributed by atoms with Crippen LogP contribution < -0.4 is 10.6 Å². The quantitative estimate of drug-likeness (QED) is 0.565. The van der Waals surface area contributed by atoms with Gasteiger partial charge in [-0.3, -0.25) is 4.57 Å². The van der Waals surface area contributed by atoms with Crippen LogP contribution in [0.2, 0.25) is 5.02 Å². The lowest BCUT2D eigenvalue weighted by molar-refractivity contribution is 0.198. The Labute approximate surface area is 171 Å². The van der Waals surface area contributed by atoms with Crippen LogP contribution in [0.4, 0.5) is 5.82 Å². The molecule has 3 aromatic heterocycles. The van der Waals surface area contributed by atoms with Crippen molar-refractivity contribution in [1.29, 1.82) is 0 Å². The van der Waals surface area contributed by atoms with Gasteiger partial charge in [-0.15, -0.1) is 0 Å². The van der Waals surface area contributed by atoms with Crippen LogP contribution in [0.3, 0.4) is 0 Å². The fourth-order valence-corrected chi connectivity index (χ4v) is 3.81. The van der Waals surface area contributed by atoms with Crippen molar-refractivity contribution in [2.45, 2.75) is 12.5 Å². The van der Waals surface area contributed by atoms with Crippen LogP contribution in [0.1, 0.15) is 6.42 Å². The molecular formula is C21H18ClN5O2. The molecule has 1 unspecified atom stereocenters. The molecule has 146 valence electrons. The Bertz CT molecular complexity index is 1230. The molecule has 29 heavy (non-hydrogen) atoms. The fraction of sp³-hybridized carbons (Fsp3) is 0.190. The van der Waals surface area contributed by atoms with Crippen molar-refractivity contribution >= 4 is 23.1 Å². The molecule has 1 saturated heterocycles. The first kappa shape index (κ1) is 17.9. The molecule has 8 heteroatoms. The minimum Gasteiger partial charge on any atom is -0.391 e. The number of hydrogen-bond donors (Lipinski definition) is 1. The summed E-state index contributed by atoms with van der Waals surface area (Å²) >= 11 is 5.99. The van der Waals surface area contributed by atoms with E-state index in [4.69, 9.17) is 11.6 Å². The van der Waals surface area contributed by atoms with Gasteiger partial charge in [-0.2, -0.15) is 0 Å². The number of nitrogens with zero attached hydrogens (tertiary/aromatic N) is 5. The lowest BCUT2D eigenvalue weighted by atomic mass is 10.1. The van der Waals surface area contributed by atoms with E-state index in [2.05, 4.69) is 9.97 Å². The Morgan fingerprint density at radius 3 is 2.55 bits per heavy atom. The maximum Gasteiger partial charge on any atom is 0.340 e. The number of halogens is 1. The summed E-state index contributed by atoms with van der Waals surface area (Å²) in [6.07, 6.45) is 3.59. The summed E-state index contributed by atoms with van der Waals surface area (Å²) < 4.78 is 3.05. The Balaban J connectivity index is 1.55. The average Bonchev–Trinajstić information content (AvgIpc) is 3.36. The summed E-state index contributed by atoms with van der Waals surface area (Å²) in [5.41, 5.74) is 2.61. The van der Waals surface area contributed by atoms with Crippen LogP contribution in [-0.2, 0) is 0 Å². The molecule has 0 saturated carbocycles. The Morgan fingerprint density at radius 1 is 1.03 bits per heavy atom. The van der Waals surface area contributed by atoms with E-state index in [9.17, 15) is 9.90 Å². The lowest BCUT2D eigenvalue weighted by Crippen LogP contribution is -2.26. The standard InChI is InChI=1S/C21H18ClN5O2/c22-15-3-1-14(2-4-15)18-6-8-20-24-13-26(21(29)27(18)20)16-5-7-19(23-11-16)25-10-9-17(28)12-25/h1-8,11,13,17,28H,9-10,12H2. The van der Waals surface area contributed by atoms with E-state index in [1.165, 1.54) is 10.9 Å². The molecule has 1 N–H and O–H groups in total. The van der Waals surface area contributed by atoms with Gasteiger partial charge in [0.15, 0.2) is 0 Å². The Kier molecular flexibility index (Phi) is 4.34. The van der Waals surface area contributed by atoms with Crippen molar-refractivity contribution in [3.8, 4) is 16.9 Å². The van der Waals surface area contributed by atoms with Gasteiger partial charge in [-0.1, -0.05) is 23.7 Å². The molecule has 7 nitrogen and oxygen atoms in total. The van der Waals surface area contributed by atoms with Gasteiger partial charge in [0.1, 0.15) is 17.8 Å². The molecule has 1 aliphatic heterocycles. The highest BCUT2D eigenvalue weighted by molar-refractivity contribution is 6.30. The Morgan fingerprint density at radius 2 is 1.86 bits per heavy atom. The van der Waals surface area contributed by atoms with Gasteiger partial charge in [0.2, 0.25) is 0 Å². The first-order valence-corrected chi connectivity index (χ1v) is 9.72. The second kappa shape index (κ2) is 7.02. The van der Waals surface area contributed by atoms with Crippen molar-refractivity contribution in [3.63, 3.8) is 0 Å². The summed E-state index contributed by atoms with van der Waals surface area (Å²) in [6.45, 7) is 1.35. The zero-order chi connectivity index (χ0) is 20.0. The number of β-amino-alcohol motifs (C(OH)–C–C–N with tert-alkyl or cyclic N) is 1. The van der Waals surface area contributed by atoms with Gasteiger partial charge in [-0.25, -0.2) is 19.2 Å². The van der Waals surface area contributed by atoms with Crippen molar-refractivity contribution in [3.05, 3.63) is 76.6 Å². The smallest absolute Gasteiger partial charge is 0.340 e. The molecule has 4 aromatic rings. The van der Waals surface area contributed by atoms with Gasteiger partial charge in [0, 0.05) is 18.1 Å². The zero-order valence-corrected chi connectivity index (χ0v) is 16.2. The topological polar surface area (TPSA) is 75.7 Å². The number of rotatable bonds is 3. The van der Waals surface area contributed by atoms with Gasteiger partial charge in [0.25, 0.3) is 0 Å². The lowest BCUT2D eigenvalue weighted by Gasteiger charge is -2.16. The number of aliphatic hydroxyl groups excluding tert-OH is 1. The van der Waals surface area contributed by atoms with E-state index in [-0.39, 0.29) is 11.8 Å². The third-order valence-electron chi connectivity index (χ3n) is 5.20. The van der Waals surface area contributed by atoms with Crippen molar-refractivity contribution < 1.29 is 5.11 Å². The molecular weight excluding hydrogens is 390 g/mol. The molecule has 0 bridgehead atoms. The fourth-order valence-electron chi connectivity index (χ4n) is 3.68. The van der Waals surface area contributed by atoms with Gasteiger partial charge < -0.3 is 10.0 Å². The first-order chi connectivity index (χ1) is 14.1. The molecule has 5 rings (SSSR count). The van der Waals surface area contributed by atoms with Crippen LogP contribution in [-0.4, -0.2) is 43.2 Å². The number of anilines is 1. The number of aromatic nitrogens is 4. The van der Waals surface area contributed by atoms with E-state index in [1.54, 1.807) is 22.7 Å². The second-order valence-electron chi connectivity index (χ2n) is 7.08. The van der Waals surface area contributed by atoms with E-state index in [0.717, 1.165) is 30.0 Å². The van der Waals surface area contributed by atoms with E-state index >= 15 is 0 Å². The summed E-state index contributed by atoms with van der Waals surface area (Å²) in [5.74, 6) is 0.787. The number of fused-ring (bicyclic) bond motifs is 1. The van der Waals surface area contributed by atoms with E-state index in [1.807, 2.05) is 41.3 Å². The molecule has 1 aliphatic rings. The normalized spacial score (nSPS) is 16.6. The summed E-state index contributed by atoms with van der Waals surface area (Å²) in [4.78, 5) is 24.1. The largest absolute Gasteiger partial charge is 0.391 e. The summed E-state index contributed by atoms with van der Waals surface area (Å²) in [5, 5.41) is 10.4. The van der Waals surface area contributed by atoms with E-state index < -0.39 is 0 Å². The van der Waals surface area contributed by atoms with Crippen LogP contribution >= 0.6 is 11.6 Å². The third-order valence-corrected chi connectivity index (χ3v) is 5.45. The molecule has 0 spiro atoms. The molecule has 1 atom stereocenters. The minimum absolute atomic E-state index is 0.226. The highest BCUT2D eigenvalue weighted by Gasteiger charge is 2.21. The van der Waals surface area contributed by atoms with Crippen molar-refractivity contribution in [1.82, 2.24) is 18.9 Å². The molecule has 4 heterocycles. The molecule has 1 fully saturated rings. The zero-order valence-electron chi connectivity index (χ0n) is 15.4. The summed E-state index contributed by atoms with van der Waals surface area (Å²) in [6, 6.07) is 14.7. The molecule has 1 aromatic carbocycles. The number of benzene rings is 1. The number of aliphatic hydroxyl groups is 1. The molecule has 0 amide bonds. The van der Waals surface area contributed by atoms with Crippen LogP contribution in [0.25, 0.3) is 22.6 Å². The number of hydrogen-bond acceptors (Lipinski definition) is 5. The SMILES string of the molecule is O=c1n(-c2ccc(N3CCC(O)C3)nc2)cnc2ccc(-c3ccc(Cl)cc3)n12. The average molecular weight is 408 g/mol. The van der Waals surface area contributed by atoms with Gasteiger partial charge in [0.05, 0.1) is 23.7 Å². The van der Waals surface area contributed by atoms with Crippen LogP contribution in [0, 0.1) is 0 Å². The first-order valence-electron chi connectivity index (χ1n) is 9.35. The van der Waals surface area contributed by atoms with E-state index in [0.29, 0.717) is 22.9 Å². The van der Waals surface area contributed by atoms with Crippen molar-refractivity contribution in [2.24, 2.45) is 0 Å². The Hall–Kier alpha value is -3.16. The second-order valence-corrected chi connectivity index (χ2v) is 7.52. The maximum absolute atomic E-state index is 13.2. The van der Waals surface area contributed by atoms with Gasteiger partial charge in [-0.05, 0) is 48.4 Å². The predicted octanol–water partition coefficient (Wildman–Crippen LogP) is 2.77. The molecule has 0 aliphatic carbocycles. The minimum atomic E-state index is -0.314. The highest BCUT2D eigenvalue weighted by Crippen LogP contribution is 2.23. The van der Waals surface area contributed by atoms with Crippen LogP contribution in [0.15, 0.2) is 65.8 Å². The highest BCUT2D eigenvalue weighted by atomic mass is 35.5. The van der Waals surface area contributed by atoms with Crippen LogP contribution in [0.5, 0.6) is 0 Å². The van der Waals surface area contributed by atoms with Gasteiger partial charge >= 0.3 is 5.69 Å². The molecule has 0 radical (unpaired) electrons. The summed E-state index contributed by atoms with van der Waals surface area (Å²) in [7, 11) is 0.